The van der Waals surface area contributed by atoms with Crippen molar-refractivity contribution in [1.82, 2.24) is 4.90 Å². The lowest BCUT2D eigenvalue weighted by Gasteiger charge is -2.25. The van der Waals surface area contributed by atoms with Gasteiger partial charge in [-0.25, -0.2) is 0 Å². The van der Waals surface area contributed by atoms with Crippen molar-refractivity contribution in [3.63, 3.8) is 0 Å². The molecule has 0 spiro atoms. The van der Waals surface area contributed by atoms with Gasteiger partial charge in [-0.05, 0) is 35.6 Å². The van der Waals surface area contributed by atoms with Crippen LogP contribution in [0.5, 0.6) is 0 Å². The Balaban J connectivity index is 1.71. The number of nitrogens with two attached hydrogens (primary N) is 1. The quantitative estimate of drug-likeness (QED) is 0.672. The fourth-order valence-corrected chi connectivity index (χ4v) is 4.17. The first kappa shape index (κ1) is 21.2. The molecule has 1 amide bonds. The molecule has 29 heavy (non-hydrogen) atoms. The van der Waals surface area contributed by atoms with Crippen molar-refractivity contribution < 1.29 is 14.7 Å². The molecule has 1 aliphatic rings. The number of carbonyl (C=O) groups is 2. The van der Waals surface area contributed by atoms with Gasteiger partial charge in [0.1, 0.15) is 0 Å². The molecule has 3 N–H and O–H groups in total. The second kappa shape index (κ2) is 9.33. The highest BCUT2D eigenvalue weighted by atomic mass is 16.3. The zero-order valence-corrected chi connectivity index (χ0v) is 17.1. The van der Waals surface area contributed by atoms with E-state index in [0.717, 1.165) is 42.4 Å². The van der Waals surface area contributed by atoms with Gasteiger partial charge in [0, 0.05) is 37.6 Å². The van der Waals surface area contributed by atoms with Crippen LogP contribution >= 0.6 is 0 Å². The number of ketones is 1. The number of carbonyl (C=O) groups excluding carboxylic acids is 2. The molecule has 0 radical (unpaired) electrons. The smallest absolute Gasteiger partial charge is 0.236 e. The number of likely N-dealkylation sites (N-methyl/N-ethyl adjacent to an activating group) is 1. The normalized spacial score (nSPS) is 15.3. The van der Waals surface area contributed by atoms with Crippen molar-refractivity contribution in [1.29, 1.82) is 0 Å². The van der Waals surface area contributed by atoms with Gasteiger partial charge in [0.2, 0.25) is 5.91 Å². The molecule has 0 atom stereocenters. The third-order valence-corrected chi connectivity index (χ3v) is 6.02. The van der Waals surface area contributed by atoms with Gasteiger partial charge in [0.25, 0.3) is 0 Å². The molecule has 5 nitrogen and oxygen atoms in total. The van der Waals surface area contributed by atoms with E-state index in [9.17, 15) is 14.7 Å². The fraction of sp³-hybridized carbons (Fsp3) is 0.417. The summed E-state index contributed by atoms with van der Waals surface area (Å²) in [6.07, 6.45) is 4.46. The minimum absolute atomic E-state index is 0.00322. The van der Waals surface area contributed by atoms with E-state index in [4.69, 9.17) is 5.73 Å². The first-order chi connectivity index (χ1) is 14.0. The lowest BCUT2D eigenvalue weighted by atomic mass is 9.80. The zero-order valence-electron chi connectivity index (χ0n) is 17.1. The van der Waals surface area contributed by atoms with E-state index >= 15 is 0 Å². The van der Waals surface area contributed by atoms with E-state index in [-0.39, 0.29) is 30.3 Å². The zero-order chi connectivity index (χ0) is 20.9. The number of nitrogens with zero attached hydrogens (tertiary/aromatic N) is 1. The Morgan fingerprint density at radius 1 is 1.07 bits per heavy atom. The summed E-state index contributed by atoms with van der Waals surface area (Å²) in [6.45, 7) is 0.595. The number of aliphatic hydroxyl groups excluding tert-OH is 1. The van der Waals surface area contributed by atoms with Crippen LogP contribution in [0.15, 0.2) is 48.5 Å². The van der Waals surface area contributed by atoms with Crippen LogP contribution in [-0.2, 0) is 11.3 Å². The number of rotatable bonds is 8. The molecule has 0 saturated heterocycles. The molecule has 0 bridgehead atoms. The van der Waals surface area contributed by atoms with Gasteiger partial charge in [-0.2, -0.15) is 0 Å². The van der Waals surface area contributed by atoms with E-state index in [1.54, 1.807) is 11.9 Å². The van der Waals surface area contributed by atoms with E-state index < -0.39 is 0 Å². The van der Waals surface area contributed by atoms with Crippen molar-refractivity contribution in [2.75, 3.05) is 20.2 Å². The van der Waals surface area contributed by atoms with Crippen LogP contribution in [-0.4, -0.2) is 41.9 Å². The van der Waals surface area contributed by atoms with Crippen LogP contribution in [0, 0.1) is 5.41 Å². The number of amides is 1. The Morgan fingerprint density at radius 2 is 1.76 bits per heavy atom. The molecule has 2 aromatic carbocycles. The summed E-state index contributed by atoms with van der Waals surface area (Å²) in [7, 11) is 1.74. The number of benzene rings is 2. The molecule has 0 aromatic heterocycles. The molecule has 1 aliphatic carbocycles. The van der Waals surface area contributed by atoms with E-state index in [0.29, 0.717) is 18.5 Å². The average molecular weight is 395 g/mol. The SMILES string of the molecule is CN(Cc1cccc(-c2ccc(C(=O)CC3(CO)CCCC3)cc2)c1)C(=O)CN. The van der Waals surface area contributed by atoms with Crippen LogP contribution in [0.3, 0.4) is 0 Å². The summed E-state index contributed by atoms with van der Waals surface area (Å²) in [6, 6.07) is 15.7. The summed E-state index contributed by atoms with van der Waals surface area (Å²) < 4.78 is 0. The molecule has 3 rings (SSSR count). The molecular formula is C24H30N2O3. The first-order valence-electron chi connectivity index (χ1n) is 10.2. The van der Waals surface area contributed by atoms with Crippen molar-refractivity contribution in [2.45, 2.75) is 38.6 Å². The molecule has 1 saturated carbocycles. The highest BCUT2D eigenvalue weighted by Crippen LogP contribution is 2.41. The second-order valence-electron chi connectivity index (χ2n) is 8.20. The molecule has 0 heterocycles. The summed E-state index contributed by atoms with van der Waals surface area (Å²) in [5.74, 6) is 0.00403. The summed E-state index contributed by atoms with van der Waals surface area (Å²) >= 11 is 0. The molecule has 1 fully saturated rings. The van der Waals surface area contributed by atoms with Gasteiger partial charge in [0.05, 0.1) is 6.54 Å². The molecule has 0 unspecified atom stereocenters. The van der Waals surface area contributed by atoms with Crippen LogP contribution < -0.4 is 5.73 Å². The van der Waals surface area contributed by atoms with Crippen molar-refractivity contribution in [3.8, 4) is 11.1 Å². The topological polar surface area (TPSA) is 83.6 Å². The molecule has 2 aromatic rings. The summed E-state index contributed by atoms with van der Waals surface area (Å²) in [4.78, 5) is 26.0. The predicted molar refractivity (Wildman–Crippen MR) is 114 cm³/mol. The maximum Gasteiger partial charge on any atom is 0.236 e. The highest BCUT2D eigenvalue weighted by molar-refractivity contribution is 5.97. The van der Waals surface area contributed by atoms with Gasteiger partial charge in [-0.15, -0.1) is 0 Å². The molecule has 154 valence electrons. The minimum Gasteiger partial charge on any atom is -0.396 e. The van der Waals surface area contributed by atoms with Gasteiger partial charge in [-0.3, -0.25) is 9.59 Å². The Labute approximate surface area is 172 Å². The Morgan fingerprint density at radius 3 is 2.38 bits per heavy atom. The lowest BCUT2D eigenvalue weighted by molar-refractivity contribution is -0.128. The number of hydrogen-bond acceptors (Lipinski definition) is 4. The molecule has 0 aliphatic heterocycles. The van der Waals surface area contributed by atoms with Crippen molar-refractivity contribution >= 4 is 11.7 Å². The Hall–Kier alpha value is -2.50. The van der Waals surface area contributed by atoms with Gasteiger partial charge >= 0.3 is 0 Å². The Bertz CT molecular complexity index is 855. The lowest BCUT2D eigenvalue weighted by Crippen LogP contribution is -2.32. The number of aliphatic hydroxyl groups is 1. The third kappa shape index (κ3) is 5.11. The Kier molecular flexibility index (Phi) is 6.83. The minimum atomic E-state index is -0.225. The third-order valence-electron chi connectivity index (χ3n) is 6.02. The van der Waals surface area contributed by atoms with Crippen LogP contribution in [0.25, 0.3) is 11.1 Å². The monoisotopic (exact) mass is 394 g/mol. The molecular weight excluding hydrogens is 364 g/mol. The predicted octanol–water partition coefficient (Wildman–Crippen LogP) is 3.40. The van der Waals surface area contributed by atoms with Gasteiger partial charge in [-0.1, -0.05) is 55.3 Å². The van der Waals surface area contributed by atoms with E-state index in [1.807, 2.05) is 42.5 Å². The van der Waals surface area contributed by atoms with E-state index in [1.165, 1.54) is 0 Å². The largest absolute Gasteiger partial charge is 0.396 e. The van der Waals surface area contributed by atoms with Crippen LogP contribution in [0.4, 0.5) is 0 Å². The average Bonchev–Trinajstić information content (AvgIpc) is 3.22. The van der Waals surface area contributed by atoms with Gasteiger partial charge < -0.3 is 15.7 Å². The number of hydrogen-bond donors (Lipinski definition) is 2. The van der Waals surface area contributed by atoms with Crippen LogP contribution in [0.1, 0.15) is 48.0 Å². The maximum atomic E-state index is 12.7. The first-order valence-corrected chi connectivity index (χ1v) is 10.2. The summed E-state index contributed by atoms with van der Waals surface area (Å²) in [5, 5.41) is 9.76. The van der Waals surface area contributed by atoms with Crippen molar-refractivity contribution in [3.05, 3.63) is 59.7 Å². The summed E-state index contributed by atoms with van der Waals surface area (Å²) in [5.41, 5.74) is 8.98. The highest BCUT2D eigenvalue weighted by Gasteiger charge is 2.35. The van der Waals surface area contributed by atoms with Crippen molar-refractivity contribution in [2.24, 2.45) is 11.1 Å². The second-order valence-corrected chi connectivity index (χ2v) is 8.20. The maximum absolute atomic E-state index is 12.7. The standard InChI is InChI=1S/C24H30N2O3/c1-26(23(29)15-25)16-18-5-4-6-21(13-18)19-7-9-20(10-8-19)22(28)14-24(17-27)11-2-3-12-24/h4-10,13,27H,2-3,11-12,14-17,25H2,1H3. The number of Topliss-reactive ketones (excluding diaryl/α,β-unsaturated/α-hetero) is 1. The van der Waals surface area contributed by atoms with E-state index in [2.05, 4.69) is 6.07 Å². The molecule has 5 heteroatoms. The fourth-order valence-electron chi connectivity index (χ4n) is 4.17. The van der Waals surface area contributed by atoms with Gasteiger partial charge in [0.15, 0.2) is 5.78 Å². The van der Waals surface area contributed by atoms with Crippen LogP contribution in [0.2, 0.25) is 0 Å².